The van der Waals surface area contributed by atoms with Gasteiger partial charge in [0.1, 0.15) is 5.82 Å². The zero-order chi connectivity index (χ0) is 18.0. The molecule has 0 aromatic carbocycles. The van der Waals surface area contributed by atoms with Crippen LogP contribution in [0.3, 0.4) is 0 Å². The van der Waals surface area contributed by atoms with E-state index in [2.05, 4.69) is 9.88 Å². The summed E-state index contributed by atoms with van der Waals surface area (Å²) in [7, 11) is 0. The molecular formula is C19H26N4O2. The molecule has 2 aromatic rings. The molecule has 1 aliphatic rings. The first-order chi connectivity index (χ1) is 12.0. The van der Waals surface area contributed by atoms with Crippen LogP contribution in [0.5, 0.6) is 0 Å². The van der Waals surface area contributed by atoms with E-state index < -0.39 is 0 Å². The van der Waals surface area contributed by atoms with E-state index in [1.54, 1.807) is 13.1 Å². The molecule has 0 bridgehead atoms. The first-order valence-corrected chi connectivity index (χ1v) is 8.77. The maximum Gasteiger partial charge on any atom is 0.255 e. The number of nitrogens with zero attached hydrogens (tertiary/aromatic N) is 4. The normalized spacial score (nSPS) is 16.9. The monoisotopic (exact) mass is 342 g/mol. The highest BCUT2D eigenvalue weighted by molar-refractivity contribution is 5.96. The lowest BCUT2D eigenvalue weighted by Crippen LogP contribution is -2.50. The SMILES string of the molecule is Cc1cc(C(=O)N2CCN(CC(C)O)CC2)c(C)n1-c1ccccn1. The van der Waals surface area contributed by atoms with Gasteiger partial charge < -0.3 is 14.6 Å². The number of aliphatic hydroxyl groups is 1. The molecule has 1 unspecified atom stereocenters. The summed E-state index contributed by atoms with van der Waals surface area (Å²) < 4.78 is 2.02. The van der Waals surface area contributed by atoms with Gasteiger partial charge in [-0.2, -0.15) is 0 Å². The Morgan fingerprint density at radius 2 is 1.96 bits per heavy atom. The van der Waals surface area contributed by atoms with Crippen molar-refractivity contribution in [3.8, 4) is 5.82 Å². The number of hydrogen-bond acceptors (Lipinski definition) is 4. The smallest absolute Gasteiger partial charge is 0.255 e. The molecule has 1 amide bonds. The highest BCUT2D eigenvalue weighted by atomic mass is 16.3. The van der Waals surface area contributed by atoms with E-state index in [0.717, 1.165) is 35.9 Å². The van der Waals surface area contributed by atoms with Crippen molar-refractivity contribution < 1.29 is 9.90 Å². The number of pyridine rings is 1. The fourth-order valence-electron chi connectivity index (χ4n) is 3.50. The summed E-state index contributed by atoms with van der Waals surface area (Å²) in [5, 5.41) is 9.50. The molecule has 0 spiro atoms. The van der Waals surface area contributed by atoms with E-state index in [9.17, 15) is 9.90 Å². The van der Waals surface area contributed by atoms with Crippen LogP contribution in [0.15, 0.2) is 30.5 Å². The molecule has 3 rings (SSSR count). The summed E-state index contributed by atoms with van der Waals surface area (Å²) in [4.78, 5) is 21.5. The molecule has 1 N–H and O–H groups in total. The Morgan fingerprint density at radius 1 is 1.24 bits per heavy atom. The molecule has 6 heteroatoms. The summed E-state index contributed by atoms with van der Waals surface area (Å²) in [5.74, 6) is 0.908. The zero-order valence-electron chi connectivity index (χ0n) is 15.1. The number of aliphatic hydroxyl groups excluding tert-OH is 1. The number of carbonyl (C=O) groups excluding carboxylic acids is 1. The van der Waals surface area contributed by atoms with E-state index >= 15 is 0 Å². The van der Waals surface area contributed by atoms with Gasteiger partial charge in [0.05, 0.1) is 11.7 Å². The fraction of sp³-hybridized carbons (Fsp3) is 0.474. The number of carbonyl (C=O) groups is 1. The third-order valence-corrected chi connectivity index (χ3v) is 4.72. The number of aromatic nitrogens is 2. The van der Waals surface area contributed by atoms with Crippen LogP contribution in [-0.4, -0.2) is 69.2 Å². The van der Waals surface area contributed by atoms with Gasteiger partial charge in [-0.15, -0.1) is 0 Å². The molecular weight excluding hydrogens is 316 g/mol. The minimum Gasteiger partial charge on any atom is -0.392 e. The number of amides is 1. The lowest BCUT2D eigenvalue weighted by molar-refractivity contribution is 0.0553. The Morgan fingerprint density at radius 3 is 2.56 bits per heavy atom. The number of rotatable bonds is 4. The van der Waals surface area contributed by atoms with Gasteiger partial charge >= 0.3 is 0 Å². The van der Waals surface area contributed by atoms with Crippen molar-refractivity contribution in [2.45, 2.75) is 26.9 Å². The highest BCUT2D eigenvalue weighted by Gasteiger charge is 2.25. The Balaban J connectivity index is 1.76. The number of β-amino-alcohol motifs (C(OH)–C–C–N with tert-alkyl or cyclic N) is 1. The van der Waals surface area contributed by atoms with Gasteiger partial charge in [-0.3, -0.25) is 9.69 Å². The van der Waals surface area contributed by atoms with Crippen molar-refractivity contribution in [1.29, 1.82) is 0 Å². The van der Waals surface area contributed by atoms with Crippen LogP contribution in [0.25, 0.3) is 5.82 Å². The summed E-state index contributed by atoms with van der Waals surface area (Å²) >= 11 is 0. The lowest BCUT2D eigenvalue weighted by Gasteiger charge is -2.35. The first kappa shape index (κ1) is 17.6. The molecule has 1 saturated heterocycles. The van der Waals surface area contributed by atoms with E-state index in [1.165, 1.54) is 0 Å². The van der Waals surface area contributed by atoms with Crippen LogP contribution in [0, 0.1) is 13.8 Å². The van der Waals surface area contributed by atoms with Gasteiger partial charge in [-0.05, 0) is 39.0 Å². The predicted molar refractivity (Wildman–Crippen MR) is 97.1 cm³/mol. The Bertz CT molecular complexity index is 731. The number of hydrogen-bond donors (Lipinski definition) is 1. The van der Waals surface area contributed by atoms with Crippen molar-refractivity contribution >= 4 is 5.91 Å². The minimum atomic E-state index is -0.334. The van der Waals surface area contributed by atoms with Crippen LogP contribution in [-0.2, 0) is 0 Å². The molecule has 0 saturated carbocycles. The van der Waals surface area contributed by atoms with Crippen molar-refractivity contribution in [3.63, 3.8) is 0 Å². The second kappa shape index (κ2) is 7.37. The average Bonchev–Trinajstić information content (AvgIpc) is 2.89. The molecule has 0 aliphatic carbocycles. The maximum absolute atomic E-state index is 13.0. The Kier molecular flexibility index (Phi) is 5.20. The van der Waals surface area contributed by atoms with Gasteiger partial charge in [0, 0.05) is 50.3 Å². The van der Waals surface area contributed by atoms with Crippen molar-refractivity contribution in [3.05, 3.63) is 47.4 Å². The highest BCUT2D eigenvalue weighted by Crippen LogP contribution is 2.21. The van der Waals surface area contributed by atoms with E-state index in [4.69, 9.17) is 0 Å². The van der Waals surface area contributed by atoms with E-state index in [1.807, 2.05) is 47.6 Å². The Labute approximate surface area is 148 Å². The molecule has 2 aromatic heterocycles. The van der Waals surface area contributed by atoms with Gasteiger partial charge in [0.2, 0.25) is 0 Å². The lowest BCUT2D eigenvalue weighted by atomic mass is 10.2. The quantitative estimate of drug-likeness (QED) is 0.917. The molecule has 1 aliphatic heterocycles. The second-order valence-electron chi connectivity index (χ2n) is 6.75. The third kappa shape index (κ3) is 3.75. The first-order valence-electron chi connectivity index (χ1n) is 8.77. The van der Waals surface area contributed by atoms with Crippen LogP contribution in [0.1, 0.15) is 28.7 Å². The summed E-state index contributed by atoms with van der Waals surface area (Å²) in [6, 6.07) is 7.73. The average molecular weight is 342 g/mol. The second-order valence-corrected chi connectivity index (χ2v) is 6.75. The minimum absolute atomic E-state index is 0.0759. The Hall–Kier alpha value is -2.18. The molecule has 1 atom stereocenters. The van der Waals surface area contributed by atoms with Gasteiger partial charge in [-0.1, -0.05) is 6.07 Å². The molecule has 1 fully saturated rings. The summed E-state index contributed by atoms with van der Waals surface area (Å²) in [6.45, 7) is 9.42. The standard InChI is InChI=1S/C19H26N4O2/c1-14-12-17(16(3)23(14)18-6-4-5-7-20-18)19(25)22-10-8-21(9-11-22)13-15(2)24/h4-7,12,15,24H,8-11,13H2,1-3H3. The van der Waals surface area contributed by atoms with Crippen LogP contribution in [0.4, 0.5) is 0 Å². The van der Waals surface area contributed by atoms with Gasteiger partial charge in [0.25, 0.3) is 5.91 Å². The third-order valence-electron chi connectivity index (χ3n) is 4.72. The largest absolute Gasteiger partial charge is 0.392 e. The van der Waals surface area contributed by atoms with E-state index in [0.29, 0.717) is 19.6 Å². The molecule has 0 radical (unpaired) electrons. The zero-order valence-corrected chi connectivity index (χ0v) is 15.1. The molecule has 25 heavy (non-hydrogen) atoms. The topological polar surface area (TPSA) is 61.6 Å². The number of piperazine rings is 1. The maximum atomic E-state index is 13.0. The molecule has 134 valence electrons. The van der Waals surface area contributed by atoms with Crippen LogP contribution < -0.4 is 0 Å². The number of aryl methyl sites for hydroxylation is 1. The molecule has 6 nitrogen and oxygen atoms in total. The summed E-state index contributed by atoms with van der Waals surface area (Å²) in [5.41, 5.74) is 2.67. The van der Waals surface area contributed by atoms with Crippen molar-refractivity contribution in [1.82, 2.24) is 19.4 Å². The predicted octanol–water partition coefficient (Wildman–Crippen LogP) is 1.63. The van der Waals surface area contributed by atoms with Crippen LogP contribution >= 0.6 is 0 Å². The van der Waals surface area contributed by atoms with Crippen molar-refractivity contribution in [2.24, 2.45) is 0 Å². The van der Waals surface area contributed by atoms with Crippen LogP contribution in [0.2, 0.25) is 0 Å². The van der Waals surface area contributed by atoms with Gasteiger partial charge in [0.15, 0.2) is 0 Å². The molecule has 3 heterocycles. The van der Waals surface area contributed by atoms with Gasteiger partial charge in [-0.25, -0.2) is 4.98 Å². The van der Waals surface area contributed by atoms with E-state index in [-0.39, 0.29) is 12.0 Å². The van der Waals surface area contributed by atoms with Crippen molar-refractivity contribution in [2.75, 3.05) is 32.7 Å². The summed E-state index contributed by atoms with van der Waals surface area (Å²) in [6.07, 6.45) is 1.43. The fourth-order valence-corrected chi connectivity index (χ4v) is 3.50.